The van der Waals surface area contributed by atoms with Crippen molar-refractivity contribution in [3.8, 4) is 5.75 Å². The Morgan fingerprint density at radius 1 is 1.21 bits per heavy atom. The van der Waals surface area contributed by atoms with E-state index in [1.165, 1.54) is 26.2 Å². The van der Waals surface area contributed by atoms with Gasteiger partial charge in [-0.15, -0.1) is 0 Å². The number of hydrogen-bond donors (Lipinski definition) is 0. The highest BCUT2D eigenvalue weighted by Crippen LogP contribution is 2.34. The standard InChI is InChI=1S/C23H25FN2O3/c1-15(2)26(18-9-10-22(29-4)20(24)13-18)23(28)14-21-19-8-6-5-7-17(19)11-12-25(21)16(3)27/h5-13,15,21H,14H2,1-4H3. The molecule has 0 saturated heterocycles. The Hall–Kier alpha value is -3.15. The first-order valence-electron chi connectivity index (χ1n) is 9.55. The zero-order valence-corrected chi connectivity index (χ0v) is 17.1. The van der Waals surface area contributed by atoms with Gasteiger partial charge in [-0.1, -0.05) is 24.3 Å². The summed E-state index contributed by atoms with van der Waals surface area (Å²) >= 11 is 0. The van der Waals surface area contributed by atoms with Crippen molar-refractivity contribution >= 4 is 23.6 Å². The summed E-state index contributed by atoms with van der Waals surface area (Å²) in [5.74, 6) is -0.732. The van der Waals surface area contributed by atoms with Gasteiger partial charge in [0, 0.05) is 30.9 Å². The number of hydrogen-bond acceptors (Lipinski definition) is 3. The van der Waals surface area contributed by atoms with Crippen LogP contribution in [0.3, 0.4) is 0 Å². The van der Waals surface area contributed by atoms with Crippen LogP contribution in [-0.4, -0.2) is 29.9 Å². The minimum atomic E-state index is -0.528. The number of rotatable bonds is 5. The van der Waals surface area contributed by atoms with Crippen molar-refractivity contribution in [2.45, 2.75) is 39.3 Å². The minimum absolute atomic E-state index is 0.0900. The summed E-state index contributed by atoms with van der Waals surface area (Å²) in [6, 6.07) is 11.6. The molecule has 0 bridgehead atoms. The molecule has 0 N–H and O–H groups in total. The van der Waals surface area contributed by atoms with Crippen molar-refractivity contribution in [1.82, 2.24) is 4.90 Å². The second-order valence-corrected chi connectivity index (χ2v) is 7.27. The van der Waals surface area contributed by atoms with Gasteiger partial charge in [-0.3, -0.25) is 9.59 Å². The van der Waals surface area contributed by atoms with E-state index in [1.54, 1.807) is 22.1 Å². The molecular weight excluding hydrogens is 371 g/mol. The highest BCUT2D eigenvalue weighted by atomic mass is 19.1. The SMILES string of the molecule is COc1ccc(N(C(=O)CC2c3ccccc3C=CN2C(C)=O)C(C)C)cc1F. The Morgan fingerprint density at radius 2 is 1.93 bits per heavy atom. The Bertz CT molecular complexity index is 955. The van der Waals surface area contributed by atoms with Gasteiger partial charge < -0.3 is 14.5 Å². The minimum Gasteiger partial charge on any atom is -0.494 e. The lowest BCUT2D eigenvalue weighted by Crippen LogP contribution is -2.41. The van der Waals surface area contributed by atoms with E-state index in [9.17, 15) is 14.0 Å². The molecule has 1 aliphatic rings. The van der Waals surface area contributed by atoms with Gasteiger partial charge in [0.25, 0.3) is 0 Å². The highest BCUT2D eigenvalue weighted by molar-refractivity contribution is 5.95. The molecule has 29 heavy (non-hydrogen) atoms. The average Bonchev–Trinajstić information content (AvgIpc) is 2.68. The van der Waals surface area contributed by atoms with Crippen molar-refractivity contribution in [2.75, 3.05) is 12.0 Å². The van der Waals surface area contributed by atoms with Crippen molar-refractivity contribution in [3.05, 3.63) is 65.6 Å². The Morgan fingerprint density at radius 3 is 2.55 bits per heavy atom. The summed E-state index contributed by atoms with van der Waals surface area (Å²) in [5.41, 5.74) is 2.36. The van der Waals surface area contributed by atoms with Crippen LogP contribution in [0.1, 0.15) is 44.4 Å². The molecule has 1 unspecified atom stereocenters. The number of anilines is 1. The van der Waals surface area contributed by atoms with Gasteiger partial charge in [-0.25, -0.2) is 4.39 Å². The average molecular weight is 396 g/mol. The Balaban J connectivity index is 1.94. The van der Waals surface area contributed by atoms with E-state index in [-0.39, 0.29) is 30.0 Å². The van der Waals surface area contributed by atoms with Crippen LogP contribution in [0.15, 0.2) is 48.7 Å². The van der Waals surface area contributed by atoms with E-state index in [4.69, 9.17) is 4.74 Å². The predicted octanol–water partition coefficient (Wildman–Crippen LogP) is 4.54. The van der Waals surface area contributed by atoms with Crippen molar-refractivity contribution in [2.24, 2.45) is 0 Å². The van der Waals surface area contributed by atoms with Gasteiger partial charge in [0.05, 0.1) is 19.6 Å². The van der Waals surface area contributed by atoms with Crippen LogP contribution in [0.2, 0.25) is 0 Å². The Kier molecular flexibility index (Phi) is 6.01. The molecule has 2 aromatic carbocycles. The van der Waals surface area contributed by atoms with E-state index in [1.807, 2.05) is 44.2 Å². The van der Waals surface area contributed by atoms with Crippen LogP contribution in [-0.2, 0) is 9.59 Å². The maximum atomic E-state index is 14.2. The van der Waals surface area contributed by atoms with Crippen LogP contribution in [0.25, 0.3) is 6.08 Å². The zero-order valence-electron chi connectivity index (χ0n) is 17.1. The van der Waals surface area contributed by atoms with Crippen molar-refractivity contribution in [3.63, 3.8) is 0 Å². The lowest BCUT2D eigenvalue weighted by molar-refractivity contribution is -0.129. The fraction of sp³-hybridized carbons (Fsp3) is 0.304. The topological polar surface area (TPSA) is 49.9 Å². The highest BCUT2D eigenvalue weighted by Gasteiger charge is 2.31. The number of fused-ring (bicyclic) bond motifs is 1. The Labute approximate surface area is 170 Å². The molecule has 1 heterocycles. The normalized spacial score (nSPS) is 15.2. The van der Waals surface area contributed by atoms with E-state index in [0.717, 1.165) is 11.1 Å². The number of nitrogens with zero attached hydrogens (tertiary/aromatic N) is 2. The quantitative estimate of drug-likeness (QED) is 0.746. The van der Waals surface area contributed by atoms with Crippen LogP contribution < -0.4 is 9.64 Å². The molecule has 2 aromatic rings. The number of halogens is 1. The van der Waals surface area contributed by atoms with Gasteiger partial charge in [0.1, 0.15) is 0 Å². The summed E-state index contributed by atoms with van der Waals surface area (Å²) in [5, 5.41) is 0. The second kappa shape index (κ2) is 8.47. The molecule has 0 radical (unpaired) electrons. The zero-order chi connectivity index (χ0) is 21.1. The first-order valence-corrected chi connectivity index (χ1v) is 9.55. The molecule has 3 rings (SSSR count). The van der Waals surface area contributed by atoms with Crippen molar-refractivity contribution in [1.29, 1.82) is 0 Å². The summed E-state index contributed by atoms with van der Waals surface area (Å²) < 4.78 is 19.2. The largest absolute Gasteiger partial charge is 0.494 e. The third-order valence-corrected chi connectivity index (χ3v) is 5.04. The molecule has 1 aliphatic heterocycles. The molecule has 0 aromatic heterocycles. The fourth-order valence-electron chi connectivity index (χ4n) is 3.71. The molecule has 0 spiro atoms. The third-order valence-electron chi connectivity index (χ3n) is 5.04. The molecule has 1 atom stereocenters. The monoisotopic (exact) mass is 396 g/mol. The molecule has 152 valence electrons. The summed E-state index contributed by atoms with van der Waals surface area (Å²) in [6.07, 6.45) is 3.68. The molecule has 5 nitrogen and oxygen atoms in total. The predicted molar refractivity (Wildman–Crippen MR) is 111 cm³/mol. The maximum absolute atomic E-state index is 14.2. The molecule has 0 saturated carbocycles. The van der Waals surface area contributed by atoms with Gasteiger partial charge >= 0.3 is 0 Å². The van der Waals surface area contributed by atoms with Crippen molar-refractivity contribution < 1.29 is 18.7 Å². The third kappa shape index (κ3) is 4.16. The van der Waals surface area contributed by atoms with Gasteiger partial charge in [-0.2, -0.15) is 0 Å². The number of carbonyl (C=O) groups excluding carboxylic acids is 2. The lowest BCUT2D eigenvalue weighted by Gasteiger charge is -2.35. The van der Waals surface area contributed by atoms with Crippen LogP contribution in [0.5, 0.6) is 5.75 Å². The van der Waals surface area contributed by atoms with Crippen LogP contribution in [0, 0.1) is 5.82 Å². The summed E-state index contributed by atoms with van der Waals surface area (Å²) in [6.45, 7) is 5.23. The van der Waals surface area contributed by atoms with E-state index in [0.29, 0.717) is 5.69 Å². The molecule has 2 amide bonds. The first kappa shape index (κ1) is 20.6. The molecular formula is C23H25FN2O3. The van der Waals surface area contributed by atoms with Gasteiger partial charge in [0.15, 0.2) is 11.6 Å². The second-order valence-electron chi connectivity index (χ2n) is 7.27. The van der Waals surface area contributed by atoms with Gasteiger partial charge in [0.2, 0.25) is 11.8 Å². The number of ether oxygens (including phenoxy) is 1. The van der Waals surface area contributed by atoms with E-state index in [2.05, 4.69) is 0 Å². The first-order chi connectivity index (χ1) is 13.8. The number of carbonyl (C=O) groups is 2. The molecule has 0 aliphatic carbocycles. The number of benzene rings is 2. The van der Waals surface area contributed by atoms with Crippen LogP contribution >= 0.6 is 0 Å². The molecule has 0 fully saturated rings. The molecule has 6 heteroatoms. The van der Waals surface area contributed by atoms with Crippen LogP contribution in [0.4, 0.5) is 10.1 Å². The van der Waals surface area contributed by atoms with E-state index >= 15 is 0 Å². The summed E-state index contributed by atoms with van der Waals surface area (Å²) in [4.78, 5) is 28.6. The lowest BCUT2D eigenvalue weighted by atomic mass is 9.93. The number of methoxy groups -OCH3 is 1. The van der Waals surface area contributed by atoms with Gasteiger partial charge in [-0.05, 0) is 43.2 Å². The maximum Gasteiger partial charge on any atom is 0.229 e. The summed E-state index contributed by atoms with van der Waals surface area (Å²) in [7, 11) is 1.40. The number of amides is 2. The van der Waals surface area contributed by atoms with E-state index < -0.39 is 11.9 Å². The fourth-order valence-corrected chi connectivity index (χ4v) is 3.71. The smallest absolute Gasteiger partial charge is 0.229 e.